The van der Waals surface area contributed by atoms with Crippen molar-refractivity contribution in [2.24, 2.45) is 0 Å². The van der Waals surface area contributed by atoms with Gasteiger partial charge in [-0.05, 0) is 46.9 Å². The Morgan fingerprint density at radius 2 is 1.70 bits per heavy atom. The molecule has 1 atom stereocenters. The number of likely N-dealkylation sites (N-methyl/N-ethyl adjacent to an activating group) is 1. The van der Waals surface area contributed by atoms with Crippen molar-refractivity contribution in [1.29, 1.82) is 0 Å². The average molecular weight is 461 g/mol. The van der Waals surface area contributed by atoms with Crippen LogP contribution in [0, 0.1) is 0 Å². The smallest absolute Gasteiger partial charge is 0.286 e. The van der Waals surface area contributed by atoms with Gasteiger partial charge in [0.2, 0.25) is 5.91 Å². The fraction of sp³-hybridized carbons (Fsp3) is 0.192. The molecule has 3 aromatic carbocycles. The molecule has 6 nitrogen and oxygen atoms in total. The zero-order valence-electron chi connectivity index (χ0n) is 18.2. The molecule has 0 radical (unpaired) electrons. The number of hydrogen-bond acceptors (Lipinski definition) is 5. The Hall–Kier alpha value is -3.58. The molecule has 4 rings (SSSR count). The lowest BCUT2D eigenvalue weighted by Crippen LogP contribution is -2.30. The Bertz CT molecular complexity index is 1150. The third-order valence-electron chi connectivity index (χ3n) is 5.35. The summed E-state index contributed by atoms with van der Waals surface area (Å²) in [6, 6.07) is 25.3. The molecule has 1 aliphatic rings. The number of benzene rings is 3. The molecule has 7 heteroatoms. The molecule has 1 saturated heterocycles. The molecule has 0 saturated carbocycles. The van der Waals surface area contributed by atoms with E-state index in [1.54, 1.807) is 11.9 Å². The van der Waals surface area contributed by atoms with Crippen LogP contribution >= 0.6 is 11.8 Å². The van der Waals surface area contributed by atoms with Crippen LogP contribution in [0.5, 0.6) is 5.75 Å². The molecule has 0 bridgehead atoms. The number of amides is 3. The summed E-state index contributed by atoms with van der Waals surface area (Å²) in [5.74, 6) is 0.346. The van der Waals surface area contributed by atoms with Crippen LogP contribution in [0.15, 0.2) is 78.9 Å². The third kappa shape index (κ3) is 6.02. The van der Waals surface area contributed by atoms with Crippen LogP contribution < -0.4 is 10.1 Å². The molecular weight excluding hydrogens is 436 g/mol. The van der Waals surface area contributed by atoms with E-state index >= 15 is 0 Å². The Labute approximate surface area is 196 Å². The molecule has 3 amide bonds. The van der Waals surface area contributed by atoms with Crippen molar-refractivity contribution in [3.8, 4) is 16.9 Å². The van der Waals surface area contributed by atoms with Crippen LogP contribution in [0.25, 0.3) is 11.1 Å². The molecule has 0 aliphatic carbocycles. The van der Waals surface area contributed by atoms with Gasteiger partial charge in [0.25, 0.3) is 11.1 Å². The number of nitrogens with zero attached hydrogens (tertiary/aromatic N) is 1. The van der Waals surface area contributed by atoms with Crippen LogP contribution in [0.3, 0.4) is 0 Å². The third-order valence-corrected chi connectivity index (χ3v) is 6.33. The maximum absolute atomic E-state index is 12.4. The largest absolute Gasteiger partial charge is 0.484 e. The van der Waals surface area contributed by atoms with Gasteiger partial charge in [0.1, 0.15) is 5.75 Å². The van der Waals surface area contributed by atoms with Gasteiger partial charge in [0.05, 0.1) is 5.25 Å². The summed E-state index contributed by atoms with van der Waals surface area (Å²) in [4.78, 5) is 37.2. The van der Waals surface area contributed by atoms with Crippen molar-refractivity contribution in [3.05, 3.63) is 90.0 Å². The SMILES string of the molecule is CN(Cc1cccc(-c2ccc(CC3SC(=O)NC3=O)cc2)c1)C(=O)COc1ccccc1. The van der Waals surface area contributed by atoms with E-state index in [1.807, 2.05) is 72.8 Å². The first-order chi connectivity index (χ1) is 16.0. The van der Waals surface area contributed by atoms with Crippen molar-refractivity contribution >= 4 is 28.8 Å². The van der Waals surface area contributed by atoms with Crippen molar-refractivity contribution in [1.82, 2.24) is 10.2 Å². The molecule has 0 aromatic heterocycles. The molecule has 3 aromatic rings. The monoisotopic (exact) mass is 460 g/mol. The Balaban J connectivity index is 1.35. The Morgan fingerprint density at radius 1 is 0.939 bits per heavy atom. The number of thioether (sulfide) groups is 1. The van der Waals surface area contributed by atoms with Crippen LogP contribution in [-0.2, 0) is 22.6 Å². The highest BCUT2D eigenvalue weighted by Crippen LogP contribution is 2.25. The Kier molecular flexibility index (Phi) is 7.10. The van der Waals surface area contributed by atoms with E-state index in [2.05, 4.69) is 11.4 Å². The number of hydrogen-bond donors (Lipinski definition) is 1. The molecule has 168 valence electrons. The lowest BCUT2D eigenvalue weighted by Gasteiger charge is -2.18. The summed E-state index contributed by atoms with van der Waals surface area (Å²) in [5, 5.41) is 1.67. The van der Waals surface area contributed by atoms with Crippen molar-refractivity contribution in [3.63, 3.8) is 0 Å². The molecule has 0 spiro atoms. The van der Waals surface area contributed by atoms with Gasteiger partial charge in [-0.15, -0.1) is 0 Å². The van der Waals surface area contributed by atoms with Gasteiger partial charge >= 0.3 is 0 Å². The second-order valence-electron chi connectivity index (χ2n) is 7.84. The van der Waals surface area contributed by atoms with Gasteiger partial charge in [0, 0.05) is 13.6 Å². The quantitative estimate of drug-likeness (QED) is 0.543. The minimum atomic E-state index is -0.370. The van der Waals surface area contributed by atoms with Gasteiger partial charge in [-0.25, -0.2) is 0 Å². The summed E-state index contributed by atoms with van der Waals surface area (Å²) in [6.07, 6.45) is 0.514. The molecular formula is C26H24N2O4S. The number of rotatable bonds is 8. The zero-order valence-corrected chi connectivity index (χ0v) is 19.0. The van der Waals surface area contributed by atoms with Gasteiger partial charge in [-0.2, -0.15) is 0 Å². The van der Waals surface area contributed by atoms with Gasteiger partial charge in [0.15, 0.2) is 6.61 Å². The van der Waals surface area contributed by atoms with E-state index in [9.17, 15) is 14.4 Å². The summed E-state index contributed by atoms with van der Waals surface area (Å²) in [7, 11) is 1.76. The van der Waals surface area contributed by atoms with Crippen molar-refractivity contribution < 1.29 is 19.1 Å². The number of carbonyl (C=O) groups is 3. The molecule has 1 heterocycles. The van der Waals surface area contributed by atoms with E-state index in [-0.39, 0.29) is 28.9 Å². The topological polar surface area (TPSA) is 75.7 Å². The minimum Gasteiger partial charge on any atom is -0.484 e. The normalized spacial score (nSPS) is 15.2. The van der Waals surface area contributed by atoms with E-state index < -0.39 is 0 Å². The molecule has 1 unspecified atom stereocenters. The highest BCUT2D eigenvalue weighted by molar-refractivity contribution is 8.15. The first kappa shape index (κ1) is 22.6. The highest BCUT2D eigenvalue weighted by atomic mass is 32.2. The minimum absolute atomic E-state index is 0.00936. The van der Waals surface area contributed by atoms with Crippen molar-refractivity contribution in [2.75, 3.05) is 13.7 Å². The maximum atomic E-state index is 12.4. The van der Waals surface area contributed by atoms with Crippen molar-refractivity contribution in [2.45, 2.75) is 18.2 Å². The fourth-order valence-electron chi connectivity index (χ4n) is 3.56. The second kappa shape index (κ2) is 10.4. The summed E-state index contributed by atoms with van der Waals surface area (Å²) in [5.41, 5.74) is 4.11. The average Bonchev–Trinajstić information content (AvgIpc) is 3.15. The molecule has 1 fully saturated rings. The predicted molar refractivity (Wildman–Crippen MR) is 129 cm³/mol. The molecule has 1 aliphatic heterocycles. The number of para-hydroxylation sites is 1. The van der Waals surface area contributed by atoms with Crippen LogP contribution in [-0.4, -0.2) is 40.9 Å². The summed E-state index contributed by atoms with van der Waals surface area (Å²) in [6.45, 7) is 0.468. The van der Waals surface area contributed by atoms with Gasteiger partial charge in [-0.3, -0.25) is 19.7 Å². The Morgan fingerprint density at radius 3 is 2.39 bits per heavy atom. The first-order valence-corrected chi connectivity index (χ1v) is 11.5. The van der Waals surface area contributed by atoms with E-state index in [4.69, 9.17) is 4.74 Å². The predicted octanol–water partition coefficient (Wildman–Crippen LogP) is 4.29. The van der Waals surface area contributed by atoms with Crippen LogP contribution in [0.4, 0.5) is 4.79 Å². The summed E-state index contributed by atoms with van der Waals surface area (Å²) < 4.78 is 5.55. The number of ether oxygens (including phenoxy) is 1. The fourth-order valence-corrected chi connectivity index (χ4v) is 4.42. The van der Waals surface area contributed by atoms with E-state index in [1.165, 1.54) is 0 Å². The number of carbonyl (C=O) groups excluding carboxylic acids is 3. The zero-order chi connectivity index (χ0) is 23.2. The number of imide groups is 1. The van der Waals surface area contributed by atoms with E-state index in [0.717, 1.165) is 34.0 Å². The van der Waals surface area contributed by atoms with Crippen LogP contribution in [0.2, 0.25) is 0 Å². The maximum Gasteiger partial charge on any atom is 0.286 e. The standard InChI is InChI=1S/C26H24N2O4S/c1-28(24(29)17-32-22-8-3-2-4-9-22)16-19-6-5-7-21(14-19)20-12-10-18(11-13-20)15-23-25(30)27-26(31)33-23/h2-14,23H,15-17H2,1H3,(H,27,30,31). The molecule has 1 N–H and O–H groups in total. The number of nitrogens with one attached hydrogen (secondary N) is 1. The lowest BCUT2D eigenvalue weighted by atomic mass is 10.00. The first-order valence-electron chi connectivity index (χ1n) is 10.6. The second-order valence-corrected chi connectivity index (χ2v) is 9.01. The highest BCUT2D eigenvalue weighted by Gasteiger charge is 2.31. The lowest BCUT2D eigenvalue weighted by molar-refractivity contribution is -0.132. The van der Waals surface area contributed by atoms with Gasteiger partial charge < -0.3 is 9.64 Å². The molecule has 33 heavy (non-hydrogen) atoms. The van der Waals surface area contributed by atoms with Gasteiger partial charge in [-0.1, -0.05) is 72.4 Å². The van der Waals surface area contributed by atoms with Crippen LogP contribution in [0.1, 0.15) is 11.1 Å². The summed E-state index contributed by atoms with van der Waals surface area (Å²) >= 11 is 1.04. The van der Waals surface area contributed by atoms with E-state index in [0.29, 0.717) is 18.7 Å².